The number of amides is 2. The van der Waals surface area contributed by atoms with Crippen LogP contribution in [0.5, 0.6) is 0 Å². The van der Waals surface area contributed by atoms with Gasteiger partial charge in [-0.25, -0.2) is 0 Å². The minimum absolute atomic E-state index is 0.0540. The molecular weight excluding hydrogens is 436 g/mol. The van der Waals surface area contributed by atoms with Gasteiger partial charge in [-0.3, -0.25) is 9.59 Å². The summed E-state index contributed by atoms with van der Waals surface area (Å²) in [4.78, 5) is 32.2. The summed E-state index contributed by atoms with van der Waals surface area (Å²) in [5.41, 5.74) is 4.46. The molecule has 1 saturated carbocycles. The predicted molar refractivity (Wildman–Crippen MR) is 140 cm³/mol. The lowest BCUT2D eigenvalue weighted by Crippen LogP contribution is -2.36. The molecule has 4 N–H and O–H groups in total. The molecule has 1 fully saturated rings. The molecule has 0 spiro atoms. The van der Waals surface area contributed by atoms with Crippen molar-refractivity contribution in [3.05, 3.63) is 72.1 Å². The lowest BCUT2D eigenvalue weighted by Gasteiger charge is -2.27. The highest BCUT2D eigenvalue weighted by Crippen LogP contribution is 2.44. The molecule has 2 amide bonds. The largest absolute Gasteiger partial charge is 0.361 e. The van der Waals surface area contributed by atoms with Gasteiger partial charge in [0.15, 0.2) is 0 Å². The number of hydrogen-bond donors (Lipinski definition) is 4. The fourth-order valence-corrected chi connectivity index (χ4v) is 5.70. The van der Waals surface area contributed by atoms with E-state index in [9.17, 15) is 9.59 Å². The standard InChI is InChI=1S/C29H34N4O2/c34-27(30-15-11-21-19-32-25-9-3-1-7-23(21)25)17-29(13-5-6-14-29)18-28(35)31-16-12-22-20-33-26-10-4-2-8-24(22)26/h1-4,7-10,19-20,32-33H,5-6,11-18H2,(H,30,34)(H,31,35). The molecule has 2 aromatic heterocycles. The van der Waals surface area contributed by atoms with E-state index in [1.165, 1.54) is 21.9 Å². The zero-order valence-corrected chi connectivity index (χ0v) is 20.2. The first-order valence-corrected chi connectivity index (χ1v) is 12.8. The van der Waals surface area contributed by atoms with Crippen molar-refractivity contribution < 1.29 is 9.59 Å². The van der Waals surface area contributed by atoms with Crippen molar-refractivity contribution in [2.75, 3.05) is 13.1 Å². The molecule has 0 saturated heterocycles. The summed E-state index contributed by atoms with van der Waals surface area (Å²) < 4.78 is 0. The van der Waals surface area contributed by atoms with Crippen molar-refractivity contribution in [2.45, 2.75) is 51.4 Å². The molecule has 35 heavy (non-hydrogen) atoms. The lowest BCUT2D eigenvalue weighted by molar-refractivity contribution is -0.126. The van der Waals surface area contributed by atoms with E-state index < -0.39 is 0 Å². The molecule has 182 valence electrons. The minimum atomic E-state index is -0.213. The number of H-pyrrole nitrogens is 2. The second-order valence-electron chi connectivity index (χ2n) is 9.98. The summed E-state index contributed by atoms with van der Waals surface area (Å²) in [6.45, 7) is 1.21. The molecule has 0 atom stereocenters. The first-order valence-electron chi connectivity index (χ1n) is 12.8. The molecule has 0 aliphatic heterocycles. The molecule has 2 heterocycles. The third-order valence-electron chi connectivity index (χ3n) is 7.52. The second-order valence-corrected chi connectivity index (χ2v) is 9.98. The van der Waals surface area contributed by atoms with E-state index in [1.54, 1.807) is 0 Å². The van der Waals surface area contributed by atoms with Crippen molar-refractivity contribution in [3.63, 3.8) is 0 Å². The van der Waals surface area contributed by atoms with Crippen LogP contribution < -0.4 is 10.6 Å². The van der Waals surface area contributed by atoms with Crippen molar-refractivity contribution in [1.29, 1.82) is 0 Å². The molecule has 5 rings (SSSR count). The van der Waals surface area contributed by atoms with Gasteiger partial charge < -0.3 is 20.6 Å². The molecule has 2 aromatic carbocycles. The number of aromatic amines is 2. The smallest absolute Gasteiger partial charge is 0.220 e. The van der Waals surface area contributed by atoms with Crippen LogP contribution in [0.3, 0.4) is 0 Å². The first-order chi connectivity index (χ1) is 17.1. The molecule has 0 bridgehead atoms. The molecule has 1 aliphatic carbocycles. The molecule has 1 aliphatic rings. The molecular formula is C29H34N4O2. The summed E-state index contributed by atoms with van der Waals surface area (Å²) in [7, 11) is 0. The van der Waals surface area contributed by atoms with Crippen LogP contribution in [-0.4, -0.2) is 34.9 Å². The van der Waals surface area contributed by atoms with E-state index in [4.69, 9.17) is 0 Å². The number of benzene rings is 2. The summed E-state index contributed by atoms with van der Waals surface area (Å²) >= 11 is 0. The number of hydrogen-bond acceptors (Lipinski definition) is 2. The average Bonchev–Trinajstić information content (AvgIpc) is 3.59. The van der Waals surface area contributed by atoms with Crippen LogP contribution in [0.2, 0.25) is 0 Å². The summed E-state index contributed by atoms with van der Waals surface area (Å²) in [6, 6.07) is 16.4. The predicted octanol–water partition coefficient (Wildman–Crippen LogP) is 5.01. The highest BCUT2D eigenvalue weighted by molar-refractivity contribution is 5.84. The fraction of sp³-hybridized carbons (Fsp3) is 0.379. The molecule has 6 nitrogen and oxygen atoms in total. The zero-order chi connectivity index (χ0) is 24.1. The number of carbonyl (C=O) groups excluding carboxylic acids is 2. The van der Waals surface area contributed by atoms with E-state index in [-0.39, 0.29) is 17.2 Å². The third kappa shape index (κ3) is 5.42. The minimum Gasteiger partial charge on any atom is -0.361 e. The molecule has 4 aromatic rings. The topological polar surface area (TPSA) is 89.8 Å². The van der Waals surface area contributed by atoms with Gasteiger partial charge in [-0.2, -0.15) is 0 Å². The van der Waals surface area contributed by atoms with Gasteiger partial charge in [-0.05, 0) is 54.4 Å². The van der Waals surface area contributed by atoms with Crippen molar-refractivity contribution in [1.82, 2.24) is 20.6 Å². The highest BCUT2D eigenvalue weighted by atomic mass is 16.2. The van der Waals surface area contributed by atoms with Crippen LogP contribution in [0, 0.1) is 5.41 Å². The Balaban J connectivity index is 1.09. The zero-order valence-electron chi connectivity index (χ0n) is 20.2. The van der Waals surface area contributed by atoms with Gasteiger partial charge in [0.05, 0.1) is 0 Å². The van der Waals surface area contributed by atoms with Crippen LogP contribution in [0.4, 0.5) is 0 Å². The van der Waals surface area contributed by atoms with Gasteiger partial charge in [0.25, 0.3) is 0 Å². The molecule has 0 radical (unpaired) electrons. The maximum atomic E-state index is 12.8. The van der Waals surface area contributed by atoms with Crippen molar-refractivity contribution in [3.8, 4) is 0 Å². The van der Waals surface area contributed by atoms with Crippen LogP contribution >= 0.6 is 0 Å². The number of aromatic nitrogens is 2. The number of carbonyl (C=O) groups is 2. The third-order valence-corrected chi connectivity index (χ3v) is 7.52. The quantitative estimate of drug-likeness (QED) is 0.263. The summed E-state index contributed by atoms with van der Waals surface area (Å²) in [6.07, 6.45) is 10.5. The monoisotopic (exact) mass is 470 g/mol. The maximum absolute atomic E-state index is 12.8. The SMILES string of the molecule is O=C(CC1(CC(=O)NCCc2c[nH]c3ccccc23)CCCC1)NCCc1c[nH]c2ccccc12. The van der Waals surface area contributed by atoms with E-state index in [2.05, 4.69) is 44.9 Å². The Morgan fingerprint density at radius 3 is 1.66 bits per heavy atom. The normalized spacial score (nSPS) is 15.0. The summed E-state index contributed by atoms with van der Waals surface area (Å²) in [5.74, 6) is 0.108. The Morgan fingerprint density at radius 2 is 1.17 bits per heavy atom. The maximum Gasteiger partial charge on any atom is 0.220 e. The Bertz CT molecular complexity index is 1220. The highest BCUT2D eigenvalue weighted by Gasteiger charge is 2.37. The Morgan fingerprint density at radius 1 is 0.714 bits per heavy atom. The van der Waals surface area contributed by atoms with Crippen LogP contribution in [0.15, 0.2) is 60.9 Å². The van der Waals surface area contributed by atoms with Gasteiger partial charge in [0, 0.05) is 60.1 Å². The van der Waals surface area contributed by atoms with E-state index in [1.807, 2.05) is 36.7 Å². The van der Waals surface area contributed by atoms with E-state index >= 15 is 0 Å². The fourth-order valence-electron chi connectivity index (χ4n) is 5.70. The molecule has 6 heteroatoms. The number of rotatable bonds is 10. The van der Waals surface area contributed by atoms with E-state index in [0.717, 1.165) is 49.6 Å². The molecule has 0 unspecified atom stereocenters. The van der Waals surface area contributed by atoms with Crippen molar-refractivity contribution >= 4 is 33.6 Å². The lowest BCUT2D eigenvalue weighted by atomic mass is 9.79. The first kappa shape index (κ1) is 23.2. The Labute approximate surface area is 205 Å². The van der Waals surface area contributed by atoms with Crippen LogP contribution in [0.25, 0.3) is 21.8 Å². The van der Waals surface area contributed by atoms with Gasteiger partial charge in [0.2, 0.25) is 11.8 Å². The van der Waals surface area contributed by atoms with Crippen molar-refractivity contribution in [2.24, 2.45) is 5.41 Å². The van der Waals surface area contributed by atoms with Gasteiger partial charge in [0.1, 0.15) is 0 Å². The Hall–Kier alpha value is -3.54. The summed E-state index contributed by atoms with van der Waals surface area (Å²) in [5, 5.41) is 8.62. The number of fused-ring (bicyclic) bond motifs is 2. The van der Waals surface area contributed by atoms with Gasteiger partial charge in [-0.1, -0.05) is 49.2 Å². The second kappa shape index (κ2) is 10.4. The average molecular weight is 471 g/mol. The Kier molecular flexibility index (Phi) is 6.89. The van der Waals surface area contributed by atoms with Crippen LogP contribution in [0.1, 0.15) is 49.7 Å². The van der Waals surface area contributed by atoms with Gasteiger partial charge in [-0.15, -0.1) is 0 Å². The van der Waals surface area contributed by atoms with Gasteiger partial charge >= 0.3 is 0 Å². The number of para-hydroxylation sites is 2. The number of nitrogens with one attached hydrogen (secondary N) is 4. The van der Waals surface area contributed by atoms with E-state index in [0.29, 0.717) is 25.9 Å². The van der Waals surface area contributed by atoms with Crippen LogP contribution in [-0.2, 0) is 22.4 Å².